The Morgan fingerprint density at radius 3 is 2.78 bits per heavy atom. The van der Waals surface area contributed by atoms with E-state index in [0.717, 1.165) is 17.0 Å². The molecule has 0 spiro atoms. The number of carboxylic acids is 1. The second kappa shape index (κ2) is 5.07. The molecule has 6 heteroatoms. The van der Waals surface area contributed by atoms with Gasteiger partial charge in [0.25, 0.3) is 0 Å². The molecule has 1 aromatic heterocycles. The summed E-state index contributed by atoms with van der Waals surface area (Å²) in [6, 6.07) is 0. The number of likely N-dealkylation sites (tertiary alicyclic amines) is 1. The molecule has 1 saturated heterocycles. The number of β-amino-alcohol motifs (C(OH)–C–C–N with tert-alkyl or cyclic N) is 1. The predicted molar refractivity (Wildman–Crippen MR) is 63.0 cm³/mol. The average molecular weight is 254 g/mol. The normalized spacial score (nSPS) is 24.6. The quantitative estimate of drug-likeness (QED) is 0.816. The highest BCUT2D eigenvalue weighted by Gasteiger charge is 2.33. The van der Waals surface area contributed by atoms with Gasteiger partial charge in [0, 0.05) is 31.1 Å². The number of carbonyl (C=O) groups is 1. The van der Waals surface area contributed by atoms with Crippen molar-refractivity contribution in [2.24, 2.45) is 5.92 Å². The third-order valence-corrected chi connectivity index (χ3v) is 3.48. The smallest absolute Gasteiger partial charge is 0.303 e. The van der Waals surface area contributed by atoms with Gasteiger partial charge in [-0.05, 0) is 13.8 Å². The molecule has 2 rings (SSSR count). The van der Waals surface area contributed by atoms with E-state index in [0.29, 0.717) is 19.6 Å². The lowest BCUT2D eigenvalue weighted by atomic mass is 10.0. The first kappa shape index (κ1) is 13.0. The molecule has 18 heavy (non-hydrogen) atoms. The van der Waals surface area contributed by atoms with Crippen molar-refractivity contribution >= 4 is 5.97 Å². The molecular weight excluding hydrogens is 236 g/mol. The molecule has 0 aromatic carbocycles. The van der Waals surface area contributed by atoms with Crippen molar-refractivity contribution in [2.75, 3.05) is 13.1 Å². The van der Waals surface area contributed by atoms with E-state index >= 15 is 0 Å². The van der Waals surface area contributed by atoms with Crippen LogP contribution in [0.2, 0.25) is 0 Å². The molecule has 2 heterocycles. The molecule has 6 nitrogen and oxygen atoms in total. The van der Waals surface area contributed by atoms with Crippen LogP contribution >= 0.6 is 0 Å². The minimum atomic E-state index is -0.863. The molecule has 0 bridgehead atoms. The third kappa shape index (κ3) is 2.70. The largest absolute Gasteiger partial charge is 0.481 e. The summed E-state index contributed by atoms with van der Waals surface area (Å²) in [5.74, 6) is -0.273. The van der Waals surface area contributed by atoms with Crippen LogP contribution in [0.1, 0.15) is 23.4 Å². The van der Waals surface area contributed by atoms with Gasteiger partial charge in [-0.1, -0.05) is 5.16 Å². The van der Waals surface area contributed by atoms with Crippen molar-refractivity contribution in [2.45, 2.75) is 32.9 Å². The van der Waals surface area contributed by atoms with Crippen LogP contribution in [-0.4, -0.2) is 45.4 Å². The average Bonchev–Trinajstić information content (AvgIpc) is 2.76. The highest BCUT2D eigenvalue weighted by atomic mass is 16.5. The second-order valence-electron chi connectivity index (χ2n) is 4.92. The van der Waals surface area contributed by atoms with Crippen LogP contribution < -0.4 is 0 Å². The molecule has 1 fully saturated rings. The van der Waals surface area contributed by atoms with Gasteiger partial charge in [0.1, 0.15) is 5.76 Å². The lowest BCUT2D eigenvalue weighted by Crippen LogP contribution is -2.22. The van der Waals surface area contributed by atoms with Gasteiger partial charge in [-0.3, -0.25) is 9.69 Å². The number of aromatic nitrogens is 1. The molecule has 1 aromatic rings. The standard InChI is InChI=1S/C12H18N2O4/c1-7-10(8(2)18-13-7)5-14-4-9(3-12(16)17)11(15)6-14/h9,11,15H,3-6H2,1-2H3,(H,16,17)/t9-,11-/m1/s1. The number of aliphatic carboxylic acids is 1. The summed E-state index contributed by atoms with van der Waals surface area (Å²) in [5.41, 5.74) is 1.88. The molecule has 0 unspecified atom stereocenters. The fraction of sp³-hybridized carbons (Fsp3) is 0.667. The highest BCUT2D eigenvalue weighted by molar-refractivity contribution is 5.67. The lowest BCUT2D eigenvalue weighted by Gasteiger charge is -2.14. The highest BCUT2D eigenvalue weighted by Crippen LogP contribution is 2.24. The van der Waals surface area contributed by atoms with Gasteiger partial charge in [-0.2, -0.15) is 0 Å². The van der Waals surface area contributed by atoms with Gasteiger partial charge in [-0.25, -0.2) is 0 Å². The third-order valence-electron chi connectivity index (χ3n) is 3.48. The molecule has 0 amide bonds. The molecule has 2 atom stereocenters. The molecule has 2 N–H and O–H groups in total. The lowest BCUT2D eigenvalue weighted by molar-refractivity contribution is -0.138. The van der Waals surface area contributed by atoms with Gasteiger partial charge in [-0.15, -0.1) is 0 Å². The van der Waals surface area contributed by atoms with Gasteiger partial charge < -0.3 is 14.7 Å². The van der Waals surface area contributed by atoms with E-state index in [1.165, 1.54) is 0 Å². The van der Waals surface area contributed by atoms with E-state index < -0.39 is 12.1 Å². The van der Waals surface area contributed by atoms with Crippen LogP contribution in [-0.2, 0) is 11.3 Å². The Hall–Kier alpha value is -1.40. The fourth-order valence-corrected chi connectivity index (χ4v) is 2.45. The van der Waals surface area contributed by atoms with Crippen LogP contribution in [0.25, 0.3) is 0 Å². The second-order valence-corrected chi connectivity index (χ2v) is 4.92. The van der Waals surface area contributed by atoms with Gasteiger partial charge in [0.2, 0.25) is 0 Å². The Morgan fingerprint density at radius 2 is 2.22 bits per heavy atom. The Kier molecular flexibility index (Phi) is 3.68. The van der Waals surface area contributed by atoms with E-state index in [-0.39, 0.29) is 12.3 Å². The van der Waals surface area contributed by atoms with Crippen molar-refractivity contribution < 1.29 is 19.5 Å². The van der Waals surface area contributed by atoms with E-state index in [1.807, 2.05) is 18.7 Å². The summed E-state index contributed by atoms with van der Waals surface area (Å²) in [4.78, 5) is 12.7. The molecule has 1 aliphatic heterocycles. The monoisotopic (exact) mass is 254 g/mol. The Balaban J connectivity index is 1.98. The predicted octanol–water partition coefficient (Wildman–Crippen LogP) is 0.559. The molecule has 0 radical (unpaired) electrons. The zero-order chi connectivity index (χ0) is 13.3. The number of hydrogen-bond acceptors (Lipinski definition) is 5. The maximum absolute atomic E-state index is 10.7. The Bertz CT molecular complexity index is 424. The van der Waals surface area contributed by atoms with Crippen LogP contribution in [0.3, 0.4) is 0 Å². The van der Waals surface area contributed by atoms with Crippen molar-refractivity contribution in [3.8, 4) is 0 Å². The number of rotatable bonds is 4. The maximum Gasteiger partial charge on any atom is 0.303 e. The summed E-state index contributed by atoms with van der Waals surface area (Å²) >= 11 is 0. The first-order chi connectivity index (χ1) is 8.47. The first-order valence-corrected chi connectivity index (χ1v) is 6.01. The minimum absolute atomic E-state index is 0.0132. The van der Waals surface area contributed by atoms with Gasteiger partial charge in [0.15, 0.2) is 0 Å². The number of carboxylic acid groups (broad SMARTS) is 1. The van der Waals surface area contributed by atoms with Crippen LogP contribution in [0.4, 0.5) is 0 Å². The van der Waals surface area contributed by atoms with Crippen molar-refractivity contribution in [1.82, 2.24) is 10.1 Å². The Labute approximate surface area is 105 Å². The molecule has 0 saturated carbocycles. The summed E-state index contributed by atoms with van der Waals surface area (Å²) in [6.45, 7) is 5.48. The van der Waals surface area contributed by atoms with E-state index in [9.17, 15) is 9.90 Å². The zero-order valence-corrected chi connectivity index (χ0v) is 10.6. The van der Waals surface area contributed by atoms with Crippen LogP contribution in [0, 0.1) is 19.8 Å². The summed E-state index contributed by atoms with van der Waals surface area (Å²) in [6.07, 6.45) is -0.555. The minimum Gasteiger partial charge on any atom is -0.481 e. The topological polar surface area (TPSA) is 86.8 Å². The van der Waals surface area contributed by atoms with E-state index in [1.54, 1.807) is 0 Å². The molecule has 1 aliphatic rings. The summed E-state index contributed by atoms with van der Waals surface area (Å²) in [7, 11) is 0. The van der Waals surface area contributed by atoms with Crippen molar-refractivity contribution in [3.63, 3.8) is 0 Å². The summed E-state index contributed by atoms with van der Waals surface area (Å²) < 4.78 is 5.09. The zero-order valence-electron chi connectivity index (χ0n) is 10.6. The SMILES string of the molecule is Cc1noc(C)c1CN1C[C@@H](CC(=O)O)[C@H](O)C1. The molecular formula is C12H18N2O4. The van der Waals surface area contributed by atoms with Crippen molar-refractivity contribution in [3.05, 3.63) is 17.0 Å². The number of aliphatic hydroxyl groups is 1. The van der Waals surface area contributed by atoms with E-state index in [2.05, 4.69) is 5.16 Å². The first-order valence-electron chi connectivity index (χ1n) is 6.01. The van der Waals surface area contributed by atoms with Gasteiger partial charge >= 0.3 is 5.97 Å². The van der Waals surface area contributed by atoms with E-state index in [4.69, 9.17) is 9.63 Å². The molecule has 0 aliphatic carbocycles. The van der Waals surface area contributed by atoms with Crippen molar-refractivity contribution in [1.29, 1.82) is 0 Å². The number of aliphatic hydroxyl groups excluding tert-OH is 1. The molecule has 100 valence electrons. The van der Waals surface area contributed by atoms with Crippen LogP contribution in [0.15, 0.2) is 4.52 Å². The fourth-order valence-electron chi connectivity index (χ4n) is 2.45. The Morgan fingerprint density at radius 1 is 1.50 bits per heavy atom. The number of hydrogen-bond donors (Lipinski definition) is 2. The number of nitrogens with zero attached hydrogens (tertiary/aromatic N) is 2. The number of aryl methyl sites for hydroxylation is 2. The maximum atomic E-state index is 10.7. The van der Waals surface area contributed by atoms with Crippen LogP contribution in [0.5, 0.6) is 0 Å². The van der Waals surface area contributed by atoms with Gasteiger partial charge in [0.05, 0.1) is 18.2 Å². The summed E-state index contributed by atoms with van der Waals surface area (Å²) in [5, 5.41) is 22.5.